The van der Waals surface area contributed by atoms with Gasteiger partial charge in [0.1, 0.15) is 12.4 Å². The summed E-state index contributed by atoms with van der Waals surface area (Å²) >= 11 is 3.48. The predicted molar refractivity (Wildman–Crippen MR) is 91.7 cm³/mol. The quantitative estimate of drug-likeness (QED) is 0.723. The van der Waals surface area contributed by atoms with Crippen molar-refractivity contribution in [2.75, 3.05) is 6.54 Å². The van der Waals surface area contributed by atoms with E-state index in [4.69, 9.17) is 4.74 Å². The lowest BCUT2D eigenvalue weighted by Gasteiger charge is -2.10. The zero-order valence-corrected chi connectivity index (χ0v) is 14.2. The molecule has 0 bridgehead atoms. The monoisotopic (exact) mass is 347 g/mol. The van der Waals surface area contributed by atoms with Crippen molar-refractivity contribution in [3.8, 4) is 5.75 Å². The van der Waals surface area contributed by atoms with Gasteiger partial charge in [0, 0.05) is 11.0 Å². The van der Waals surface area contributed by atoms with Gasteiger partial charge >= 0.3 is 0 Å². The first-order chi connectivity index (χ1) is 10.2. The standard InChI is InChI=1S/C18H22BrNO/c1-3-10-20-12-15-5-7-16(8-6-15)13-21-18-11-17(19)9-4-14(18)2/h4-9,11,20H,3,10,12-13H2,1-2H3. The smallest absolute Gasteiger partial charge is 0.123 e. The van der Waals surface area contributed by atoms with Gasteiger partial charge in [0.25, 0.3) is 0 Å². The summed E-state index contributed by atoms with van der Waals surface area (Å²) < 4.78 is 6.94. The number of hydrogen-bond donors (Lipinski definition) is 1. The van der Waals surface area contributed by atoms with E-state index in [1.807, 2.05) is 12.1 Å². The minimum atomic E-state index is 0.597. The lowest BCUT2D eigenvalue weighted by atomic mass is 10.1. The number of aryl methyl sites for hydroxylation is 1. The van der Waals surface area contributed by atoms with Crippen LogP contribution in [0.2, 0.25) is 0 Å². The number of rotatable bonds is 7. The third-order valence-corrected chi connectivity index (χ3v) is 3.82. The molecular weight excluding hydrogens is 326 g/mol. The Labute approximate surface area is 135 Å². The maximum atomic E-state index is 5.90. The number of nitrogens with one attached hydrogen (secondary N) is 1. The molecule has 0 aromatic heterocycles. The summed E-state index contributed by atoms with van der Waals surface area (Å²) in [7, 11) is 0. The maximum Gasteiger partial charge on any atom is 0.123 e. The normalized spacial score (nSPS) is 10.6. The summed E-state index contributed by atoms with van der Waals surface area (Å²) in [5.74, 6) is 0.929. The Balaban J connectivity index is 1.90. The van der Waals surface area contributed by atoms with Gasteiger partial charge < -0.3 is 10.1 Å². The van der Waals surface area contributed by atoms with Crippen molar-refractivity contribution >= 4 is 15.9 Å². The Kier molecular flexibility index (Phi) is 6.27. The second-order valence-electron chi connectivity index (χ2n) is 5.19. The highest BCUT2D eigenvalue weighted by Crippen LogP contribution is 2.23. The topological polar surface area (TPSA) is 21.3 Å². The minimum Gasteiger partial charge on any atom is -0.489 e. The maximum absolute atomic E-state index is 5.90. The number of halogens is 1. The molecule has 0 atom stereocenters. The van der Waals surface area contributed by atoms with Crippen LogP contribution < -0.4 is 10.1 Å². The van der Waals surface area contributed by atoms with Crippen LogP contribution in [0.5, 0.6) is 5.75 Å². The summed E-state index contributed by atoms with van der Waals surface area (Å²) in [6.07, 6.45) is 1.16. The van der Waals surface area contributed by atoms with Crippen LogP contribution in [0.3, 0.4) is 0 Å². The van der Waals surface area contributed by atoms with Gasteiger partial charge in [-0.05, 0) is 48.7 Å². The molecule has 0 spiro atoms. The number of hydrogen-bond acceptors (Lipinski definition) is 2. The highest BCUT2D eigenvalue weighted by atomic mass is 79.9. The summed E-state index contributed by atoms with van der Waals surface area (Å²) in [5, 5.41) is 3.41. The van der Waals surface area contributed by atoms with E-state index in [1.54, 1.807) is 0 Å². The van der Waals surface area contributed by atoms with Crippen molar-refractivity contribution in [3.05, 3.63) is 63.6 Å². The first-order valence-electron chi connectivity index (χ1n) is 7.36. The van der Waals surface area contributed by atoms with Crippen molar-refractivity contribution < 1.29 is 4.74 Å². The van der Waals surface area contributed by atoms with E-state index < -0.39 is 0 Å². The van der Waals surface area contributed by atoms with Crippen molar-refractivity contribution in [1.82, 2.24) is 5.32 Å². The molecule has 0 aliphatic heterocycles. The van der Waals surface area contributed by atoms with Crippen LogP contribution in [0, 0.1) is 6.92 Å². The summed E-state index contributed by atoms with van der Waals surface area (Å²) in [6.45, 7) is 6.83. The van der Waals surface area contributed by atoms with Gasteiger partial charge in [-0.15, -0.1) is 0 Å². The second-order valence-corrected chi connectivity index (χ2v) is 6.11. The third kappa shape index (κ3) is 5.18. The largest absolute Gasteiger partial charge is 0.489 e. The molecule has 0 heterocycles. The van der Waals surface area contributed by atoms with Gasteiger partial charge in [-0.2, -0.15) is 0 Å². The lowest BCUT2D eigenvalue weighted by molar-refractivity contribution is 0.304. The SMILES string of the molecule is CCCNCc1ccc(COc2cc(Br)ccc2C)cc1. The van der Waals surface area contributed by atoms with Crippen molar-refractivity contribution in [2.24, 2.45) is 0 Å². The van der Waals surface area contributed by atoms with Crippen LogP contribution in [0.1, 0.15) is 30.0 Å². The summed E-state index contributed by atoms with van der Waals surface area (Å²) in [4.78, 5) is 0. The Morgan fingerprint density at radius 1 is 1.05 bits per heavy atom. The van der Waals surface area contributed by atoms with Crippen LogP contribution in [0.4, 0.5) is 0 Å². The first-order valence-corrected chi connectivity index (χ1v) is 8.16. The van der Waals surface area contributed by atoms with E-state index in [1.165, 1.54) is 11.1 Å². The van der Waals surface area contributed by atoms with Gasteiger partial charge in [-0.3, -0.25) is 0 Å². The molecular formula is C18H22BrNO. The van der Waals surface area contributed by atoms with E-state index in [0.717, 1.165) is 35.3 Å². The zero-order valence-electron chi connectivity index (χ0n) is 12.7. The zero-order chi connectivity index (χ0) is 15.1. The molecule has 0 saturated heterocycles. The molecule has 2 nitrogen and oxygen atoms in total. The molecule has 0 aliphatic carbocycles. The molecule has 2 rings (SSSR count). The Morgan fingerprint density at radius 2 is 1.76 bits per heavy atom. The van der Waals surface area contributed by atoms with Crippen LogP contribution >= 0.6 is 15.9 Å². The van der Waals surface area contributed by atoms with Gasteiger partial charge in [0.05, 0.1) is 0 Å². The highest BCUT2D eigenvalue weighted by Gasteiger charge is 2.01. The average molecular weight is 348 g/mol. The van der Waals surface area contributed by atoms with E-state index in [0.29, 0.717) is 6.61 Å². The van der Waals surface area contributed by atoms with Gasteiger partial charge in [0.15, 0.2) is 0 Å². The summed E-state index contributed by atoms with van der Waals surface area (Å²) in [5.41, 5.74) is 3.65. The fraction of sp³-hybridized carbons (Fsp3) is 0.333. The van der Waals surface area contributed by atoms with E-state index in [2.05, 4.69) is 65.4 Å². The summed E-state index contributed by atoms with van der Waals surface area (Å²) in [6, 6.07) is 14.7. The molecule has 112 valence electrons. The first kappa shape index (κ1) is 16.1. The molecule has 3 heteroatoms. The van der Waals surface area contributed by atoms with Crippen LogP contribution in [0.15, 0.2) is 46.9 Å². The van der Waals surface area contributed by atoms with Crippen molar-refractivity contribution in [2.45, 2.75) is 33.4 Å². The Hall–Kier alpha value is -1.32. The molecule has 0 aliphatic rings. The third-order valence-electron chi connectivity index (χ3n) is 3.32. The molecule has 0 amide bonds. The fourth-order valence-electron chi connectivity index (χ4n) is 2.05. The number of benzene rings is 2. The van der Waals surface area contributed by atoms with E-state index in [9.17, 15) is 0 Å². The predicted octanol–water partition coefficient (Wildman–Crippen LogP) is 4.84. The van der Waals surface area contributed by atoms with Crippen LogP contribution in [-0.2, 0) is 13.2 Å². The van der Waals surface area contributed by atoms with Gasteiger partial charge in [0.2, 0.25) is 0 Å². The van der Waals surface area contributed by atoms with Gasteiger partial charge in [-0.25, -0.2) is 0 Å². The minimum absolute atomic E-state index is 0.597. The van der Waals surface area contributed by atoms with Crippen LogP contribution in [0.25, 0.3) is 0 Å². The van der Waals surface area contributed by atoms with Gasteiger partial charge in [-0.1, -0.05) is 53.2 Å². The second kappa shape index (κ2) is 8.20. The fourth-order valence-corrected chi connectivity index (χ4v) is 2.39. The molecule has 1 N–H and O–H groups in total. The number of ether oxygens (including phenoxy) is 1. The van der Waals surface area contributed by atoms with Crippen molar-refractivity contribution in [1.29, 1.82) is 0 Å². The lowest BCUT2D eigenvalue weighted by Crippen LogP contribution is -2.13. The van der Waals surface area contributed by atoms with Crippen molar-refractivity contribution in [3.63, 3.8) is 0 Å². The van der Waals surface area contributed by atoms with Crippen LogP contribution in [-0.4, -0.2) is 6.54 Å². The van der Waals surface area contributed by atoms with E-state index >= 15 is 0 Å². The van der Waals surface area contributed by atoms with E-state index in [-0.39, 0.29) is 0 Å². The molecule has 0 radical (unpaired) electrons. The molecule has 2 aromatic carbocycles. The molecule has 21 heavy (non-hydrogen) atoms. The molecule has 0 unspecified atom stereocenters. The Bertz CT molecular complexity index is 566. The highest BCUT2D eigenvalue weighted by molar-refractivity contribution is 9.10. The molecule has 0 fully saturated rings. The molecule has 0 saturated carbocycles. The average Bonchev–Trinajstić information content (AvgIpc) is 2.50. The molecule has 2 aromatic rings. The Morgan fingerprint density at radius 3 is 2.48 bits per heavy atom.